The summed E-state index contributed by atoms with van der Waals surface area (Å²) in [6, 6.07) is 0. The minimum Gasteiger partial charge on any atom is -0.466 e. The number of rotatable bonds is 15. The lowest BCUT2D eigenvalue weighted by atomic mass is 10.1. The van der Waals surface area contributed by atoms with E-state index in [2.05, 4.69) is 13.8 Å². The minimum atomic E-state index is -0.00521. The minimum absolute atomic E-state index is 0.00521. The van der Waals surface area contributed by atoms with Crippen LogP contribution in [-0.4, -0.2) is 12.6 Å². The molecule has 0 saturated carbocycles. The van der Waals surface area contributed by atoms with Crippen molar-refractivity contribution in [1.82, 2.24) is 0 Å². The van der Waals surface area contributed by atoms with E-state index in [1.54, 1.807) is 0 Å². The van der Waals surface area contributed by atoms with Gasteiger partial charge in [0, 0.05) is 6.42 Å². The largest absolute Gasteiger partial charge is 0.466 e. The number of carbonyl (C=O) groups is 1. The maximum Gasteiger partial charge on any atom is 0.305 e. The molecule has 0 aromatic carbocycles. The number of hydrogen-bond acceptors (Lipinski definition) is 2. The molecule has 0 saturated heterocycles. The molecule has 120 valence electrons. The summed E-state index contributed by atoms with van der Waals surface area (Å²) in [5, 5.41) is 0. The first-order chi connectivity index (χ1) is 9.81. The predicted molar refractivity (Wildman–Crippen MR) is 86.9 cm³/mol. The van der Waals surface area contributed by atoms with E-state index in [1.165, 1.54) is 57.8 Å². The smallest absolute Gasteiger partial charge is 0.305 e. The standard InChI is InChI=1S/C18H36O2/c1-3-5-7-8-9-10-11-12-13-15-17-20-18(19)16-14-6-4-2/h3-17H2,1-2H3. The summed E-state index contributed by atoms with van der Waals surface area (Å²) in [5.74, 6) is -0.00521. The van der Waals surface area contributed by atoms with E-state index in [4.69, 9.17) is 4.74 Å². The lowest BCUT2D eigenvalue weighted by Crippen LogP contribution is -2.05. The first-order valence-corrected chi connectivity index (χ1v) is 8.96. The second-order valence-corrected chi connectivity index (χ2v) is 5.86. The van der Waals surface area contributed by atoms with Gasteiger partial charge in [-0.3, -0.25) is 4.79 Å². The van der Waals surface area contributed by atoms with Crippen molar-refractivity contribution >= 4 is 5.97 Å². The summed E-state index contributed by atoms with van der Waals surface area (Å²) >= 11 is 0. The van der Waals surface area contributed by atoms with Crippen molar-refractivity contribution in [2.24, 2.45) is 0 Å². The Morgan fingerprint density at radius 2 is 1.10 bits per heavy atom. The average Bonchev–Trinajstić information content (AvgIpc) is 2.45. The molecular weight excluding hydrogens is 248 g/mol. The van der Waals surface area contributed by atoms with Gasteiger partial charge in [0.1, 0.15) is 0 Å². The second kappa shape index (κ2) is 16.5. The molecule has 20 heavy (non-hydrogen) atoms. The van der Waals surface area contributed by atoms with Crippen LogP contribution in [0.3, 0.4) is 0 Å². The van der Waals surface area contributed by atoms with Crippen LogP contribution in [0.2, 0.25) is 0 Å². The first kappa shape index (κ1) is 19.5. The third-order valence-corrected chi connectivity index (χ3v) is 3.75. The molecule has 0 aliphatic heterocycles. The van der Waals surface area contributed by atoms with Gasteiger partial charge in [-0.05, 0) is 12.8 Å². The maximum atomic E-state index is 11.4. The molecule has 0 N–H and O–H groups in total. The molecule has 0 heterocycles. The molecule has 0 fully saturated rings. The molecule has 0 radical (unpaired) electrons. The van der Waals surface area contributed by atoms with Crippen LogP contribution in [0.15, 0.2) is 0 Å². The zero-order valence-corrected chi connectivity index (χ0v) is 13.9. The fraction of sp³-hybridized carbons (Fsp3) is 0.944. The third kappa shape index (κ3) is 15.5. The van der Waals surface area contributed by atoms with Crippen molar-refractivity contribution in [2.45, 2.75) is 104 Å². The van der Waals surface area contributed by atoms with Crippen molar-refractivity contribution in [3.8, 4) is 0 Å². The van der Waals surface area contributed by atoms with E-state index in [9.17, 15) is 4.79 Å². The van der Waals surface area contributed by atoms with E-state index in [0.29, 0.717) is 13.0 Å². The van der Waals surface area contributed by atoms with Crippen LogP contribution in [0.1, 0.15) is 104 Å². The van der Waals surface area contributed by atoms with Crippen LogP contribution in [-0.2, 0) is 9.53 Å². The van der Waals surface area contributed by atoms with Crippen LogP contribution >= 0.6 is 0 Å². The molecule has 0 amide bonds. The molecule has 0 aliphatic carbocycles. The Bertz CT molecular complexity index is 202. The van der Waals surface area contributed by atoms with Crippen molar-refractivity contribution in [2.75, 3.05) is 6.61 Å². The highest BCUT2D eigenvalue weighted by atomic mass is 16.5. The van der Waals surface area contributed by atoms with Gasteiger partial charge >= 0.3 is 5.97 Å². The van der Waals surface area contributed by atoms with Crippen LogP contribution in [0.25, 0.3) is 0 Å². The van der Waals surface area contributed by atoms with Gasteiger partial charge in [0.05, 0.1) is 6.61 Å². The van der Waals surface area contributed by atoms with E-state index < -0.39 is 0 Å². The number of unbranched alkanes of at least 4 members (excludes halogenated alkanes) is 11. The Kier molecular flexibility index (Phi) is 16.1. The van der Waals surface area contributed by atoms with Gasteiger partial charge in [-0.15, -0.1) is 0 Å². The van der Waals surface area contributed by atoms with Gasteiger partial charge in [0.2, 0.25) is 0 Å². The van der Waals surface area contributed by atoms with Gasteiger partial charge in [0.15, 0.2) is 0 Å². The molecule has 0 unspecified atom stereocenters. The van der Waals surface area contributed by atoms with E-state index in [-0.39, 0.29) is 5.97 Å². The number of esters is 1. The van der Waals surface area contributed by atoms with Crippen LogP contribution in [0.4, 0.5) is 0 Å². The van der Waals surface area contributed by atoms with E-state index in [1.807, 2.05) is 0 Å². The van der Waals surface area contributed by atoms with Crippen molar-refractivity contribution in [3.05, 3.63) is 0 Å². The van der Waals surface area contributed by atoms with E-state index >= 15 is 0 Å². The van der Waals surface area contributed by atoms with Crippen LogP contribution in [0.5, 0.6) is 0 Å². The second-order valence-electron chi connectivity index (χ2n) is 5.86. The monoisotopic (exact) mass is 284 g/mol. The predicted octanol–water partition coefficient (Wildman–Crippen LogP) is 6.03. The Morgan fingerprint density at radius 1 is 0.650 bits per heavy atom. The zero-order valence-electron chi connectivity index (χ0n) is 13.9. The lowest BCUT2D eigenvalue weighted by molar-refractivity contribution is -0.143. The molecule has 0 bridgehead atoms. The highest BCUT2D eigenvalue weighted by molar-refractivity contribution is 5.69. The third-order valence-electron chi connectivity index (χ3n) is 3.75. The van der Waals surface area contributed by atoms with Crippen molar-refractivity contribution < 1.29 is 9.53 Å². The van der Waals surface area contributed by atoms with Gasteiger partial charge in [0.25, 0.3) is 0 Å². The van der Waals surface area contributed by atoms with Gasteiger partial charge < -0.3 is 4.74 Å². The molecule has 0 atom stereocenters. The molecule has 2 heteroatoms. The Balaban J connectivity index is 3.07. The summed E-state index contributed by atoms with van der Waals surface area (Å²) in [6.07, 6.45) is 17.1. The molecule has 0 aliphatic rings. The van der Waals surface area contributed by atoms with Crippen LogP contribution in [0, 0.1) is 0 Å². The Hall–Kier alpha value is -0.530. The van der Waals surface area contributed by atoms with Crippen LogP contribution < -0.4 is 0 Å². The highest BCUT2D eigenvalue weighted by Gasteiger charge is 2.01. The Labute approximate surface area is 126 Å². The molecule has 0 aromatic heterocycles. The molecule has 0 rings (SSSR count). The maximum absolute atomic E-state index is 11.4. The summed E-state index contributed by atoms with van der Waals surface area (Å²) in [7, 11) is 0. The van der Waals surface area contributed by atoms with Gasteiger partial charge in [-0.25, -0.2) is 0 Å². The quantitative estimate of drug-likeness (QED) is 0.271. The normalized spacial score (nSPS) is 10.7. The fourth-order valence-corrected chi connectivity index (χ4v) is 2.37. The first-order valence-electron chi connectivity index (χ1n) is 8.96. The van der Waals surface area contributed by atoms with Crippen molar-refractivity contribution in [1.29, 1.82) is 0 Å². The number of ether oxygens (including phenoxy) is 1. The van der Waals surface area contributed by atoms with Gasteiger partial charge in [-0.2, -0.15) is 0 Å². The van der Waals surface area contributed by atoms with E-state index in [0.717, 1.165) is 25.7 Å². The molecule has 0 aromatic rings. The fourth-order valence-electron chi connectivity index (χ4n) is 2.37. The molecule has 0 spiro atoms. The summed E-state index contributed by atoms with van der Waals surface area (Å²) < 4.78 is 5.22. The SMILES string of the molecule is CCCCCCCCCCCCOC(=O)CCCCC. The topological polar surface area (TPSA) is 26.3 Å². The zero-order chi connectivity index (χ0) is 14.9. The number of hydrogen-bond donors (Lipinski definition) is 0. The Morgan fingerprint density at radius 3 is 1.65 bits per heavy atom. The van der Waals surface area contributed by atoms with Gasteiger partial charge in [-0.1, -0.05) is 84.5 Å². The summed E-state index contributed by atoms with van der Waals surface area (Å²) in [5.41, 5.74) is 0. The molecule has 2 nitrogen and oxygen atoms in total. The number of carbonyl (C=O) groups excluding carboxylic acids is 1. The molecular formula is C18H36O2. The lowest BCUT2D eigenvalue weighted by Gasteiger charge is -2.05. The summed E-state index contributed by atoms with van der Waals surface area (Å²) in [6.45, 7) is 5.03. The summed E-state index contributed by atoms with van der Waals surface area (Å²) in [4.78, 5) is 11.4. The van der Waals surface area contributed by atoms with Crippen molar-refractivity contribution in [3.63, 3.8) is 0 Å². The highest BCUT2D eigenvalue weighted by Crippen LogP contribution is 2.10. The average molecular weight is 284 g/mol.